The van der Waals surface area contributed by atoms with Gasteiger partial charge in [-0.15, -0.1) is 0 Å². The largest absolute Gasteiger partial charge is 0.504 e. The number of ether oxygens (including phenoxy) is 1. The third-order valence-electron chi connectivity index (χ3n) is 3.57. The number of hydrogen-bond donors (Lipinski definition) is 2. The molecule has 1 saturated heterocycles. The van der Waals surface area contributed by atoms with E-state index in [9.17, 15) is 9.90 Å². The molecule has 1 amide bonds. The number of nitrogens with one attached hydrogen (secondary N) is 1. The van der Waals surface area contributed by atoms with Crippen molar-refractivity contribution >= 4 is 46.2 Å². The average molecular weight is 375 g/mol. The van der Waals surface area contributed by atoms with Crippen LogP contribution in [0, 0.1) is 6.92 Å². The van der Waals surface area contributed by atoms with E-state index in [1.807, 2.05) is 19.1 Å². The SMILES string of the molecule is COc1cccc(/C=C2\SC(=Nc3ccc(C)c(Cl)c3)NC2=O)c1O. The van der Waals surface area contributed by atoms with E-state index in [0.717, 1.165) is 5.56 Å². The number of carbonyl (C=O) groups excluding carboxylic acids is 1. The van der Waals surface area contributed by atoms with Crippen molar-refractivity contribution in [3.05, 3.63) is 57.5 Å². The van der Waals surface area contributed by atoms with Gasteiger partial charge < -0.3 is 15.2 Å². The number of phenolic OH excluding ortho intramolecular Hbond substituents is 1. The molecule has 0 aromatic heterocycles. The molecule has 0 bridgehead atoms. The summed E-state index contributed by atoms with van der Waals surface area (Å²) in [6.07, 6.45) is 1.60. The molecule has 2 aromatic rings. The number of aromatic hydroxyl groups is 1. The number of carbonyl (C=O) groups is 1. The number of halogens is 1. The van der Waals surface area contributed by atoms with Gasteiger partial charge >= 0.3 is 0 Å². The smallest absolute Gasteiger partial charge is 0.264 e. The Kier molecular flexibility index (Phi) is 5.01. The summed E-state index contributed by atoms with van der Waals surface area (Å²) in [5.74, 6) is 0.0618. The molecule has 0 radical (unpaired) electrons. The molecule has 2 N–H and O–H groups in total. The Morgan fingerprint density at radius 1 is 1.32 bits per heavy atom. The first-order valence-corrected chi connectivity index (χ1v) is 8.59. The van der Waals surface area contributed by atoms with E-state index in [1.165, 1.54) is 18.9 Å². The number of nitrogens with zero attached hydrogens (tertiary/aromatic N) is 1. The summed E-state index contributed by atoms with van der Waals surface area (Å²) in [7, 11) is 1.47. The van der Waals surface area contributed by atoms with Gasteiger partial charge in [-0.2, -0.15) is 0 Å². The molecule has 1 aliphatic rings. The Bertz CT molecular complexity index is 909. The van der Waals surface area contributed by atoms with Gasteiger partial charge in [-0.1, -0.05) is 29.8 Å². The summed E-state index contributed by atoms with van der Waals surface area (Å²) in [6.45, 7) is 1.91. The number of aliphatic imine (C=N–C) groups is 1. The van der Waals surface area contributed by atoms with Crippen molar-refractivity contribution in [2.24, 2.45) is 4.99 Å². The summed E-state index contributed by atoms with van der Waals surface area (Å²) in [4.78, 5) is 17.0. The number of methoxy groups -OCH3 is 1. The van der Waals surface area contributed by atoms with Gasteiger partial charge in [0.05, 0.1) is 17.7 Å². The Labute approximate surface area is 154 Å². The molecule has 1 aliphatic heterocycles. The summed E-state index contributed by atoms with van der Waals surface area (Å²) in [5.41, 5.74) is 2.11. The first kappa shape index (κ1) is 17.4. The van der Waals surface area contributed by atoms with Crippen LogP contribution < -0.4 is 10.1 Å². The van der Waals surface area contributed by atoms with Crippen LogP contribution in [0.5, 0.6) is 11.5 Å². The van der Waals surface area contributed by atoms with Crippen LogP contribution in [0.4, 0.5) is 5.69 Å². The molecule has 128 valence electrons. The normalized spacial score (nSPS) is 17.2. The predicted octanol–water partition coefficient (Wildman–Crippen LogP) is 4.25. The zero-order valence-corrected chi connectivity index (χ0v) is 15.1. The van der Waals surface area contributed by atoms with E-state index in [-0.39, 0.29) is 11.7 Å². The van der Waals surface area contributed by atoms with Crippen LogP contribution in [0.25, 0.3) is 6.08 Å². The molecular weight excluding hydrogens is 360 g/mol. The van der Waals surface area contributed by atoms with Crippen LogP contribution in [0.3, 0.4) is 0 Å². The quantitative estimate of drug-likeness (QED) is 0.788. The van der Waals surface area contributed by atoms with Crippen molar-refractivity contribution in [1.82, 2.24) is 5.32 Å². The molecule has 5 nitrogen and oxygen atoms in total. The molecule has 0 saturated carbocycles. The topological polar surface area (TPSA) is 70.9 Å². The van der Waals surface area contributed by atoms with Crippen molar-refractivity contribution < 1.29 is 14.6 Å². The molecule has 2 aromatic carbocycles. The Balaban J connectivity index is 1.87. The fourth-order valence-electron chi connectivity index (χ4n) is 2.21. The summed E-state index contributed by atoms with van der Waals surface area (Å²) in [5, 5.41) is 13.9. The van der Waals surface area contributed by atoms with E-state index in [0.29, 0.717) is 32.1 Å². The average Bonchev–Trinajstić information content (AvgIpc) is 2.92. The van der Waals surface area contributed by atoms with E-state index >= 15 is 0 Å². The number of rotatable bonds is 3. The second kappa shape index (κ2) is 7.21. The lowest BCUT2D eigenvalue weighted by Gasteiger charge is -2.05. The molecule has 7 heteroatoms. The van der Waals surface area contributed by atoms with Crippen molar-refractivity contribution in [2.75, 3.05) is 7.11 Å². The van der Waals surface area contributed by atoms with E-state index in [4.69, 9.17) is 16.3 Å². The minimum atomic E-state index is -0.274. The number of aryl methyl sites for hydroxylation is 1. The molecule has 25 heavy (non-hydrogen) atoms. The molecule has 1 fully saturated rings. The third-order valence-corrected chi connectivity index (χ3v) is 4.89. The number of hydrogen-bond acceptors (Lipinski definition) is 5. The maximum Gasteiger partial charge on any atom is 0.264 e. The highest BCUT2D eigenvalue weighted by Gasteiger charge is 2.24. The number of thioether (sulfide) groups is 1. The van der Waals surface area contributed by atoms with Gasteiger partial charge in [0.15, 0.2) is 16.7 Å². The minimum absolute atomic E-state index is 0.0124. The van der Waals surface area contributed by atoms with Crippen molar-refractivity contribution in [3.8, 4) is 11.5 Å². The third kappa shape index (κ3) is 3.81. The highest BCUT2D eigenvalue weighted by Crippen LogP contribution is 2.34. The van der Waals surface area contributed by atoms with Crippen LogP contribution in [-0.2, 0) is 4.79 Å². The van der Waals surface area contributed by atoms with E-state index in [2.05, 4.69) is 10.3 Å². The summed E-state index contributed by atoms with van der Waals surface area (Å²) < 4.78 is 5.08. The van der Waals surface area contributed by atoms with Crippen LogP contribution in [0.15, 0.2) is 46.3 Å². The lowest BCUT2D eigenvalue weighted by Crippen LogP contribution is -2.19. The van der Waals surface area contributed by atoms with Crippen molar-refractivity contribution in [3.63, 3.8) is 0 Å². The number of amides is 1. The highest BCUT2D eigenvalue weighted by molar-refractivity contribution is 8.18. The van der Waals surface area contributed by atoms with Gasteiger partial charge in [-0.3, -0.25) is 4.79 Å². The molecule has 0 unspecified atom stereocenters. The molecule has 1 heterocycles. The van der Waals surface area contributed by atoms with Gasteiger partial charge in [-0.25, -0.2) is 4.99 Å². The maximum absolute atomic E-state index is 12.1. The molecule has 0 spiro atoms. The fraction of sp³-hybridized carbons (Fsp3) is 0.111. The van der Waals surface area contributed by atoms with Crippen LogP contribution >= 0.6 is 23.4 Å². The van der Waals surface area contributed by atoms with Gasteiger partial charge in [-0.05, 0) is 48.5 Å². The van der Waals surface area contributed by atoms with E-state index < -0.39 is 0 Å². The monoisotopic (exact) mass is 374 g/mol. The molecule has 0 aliphatic carbocycles. The van der Waals surface area contributed by atoms with Crippen LogP contribution in [0.1, 0.15) is 11.1 Å². The highest BCUT2D eigenvalue weighted by atomic mass is 35.5. The van der Waals surface area contributed by atoms with Gasteiger partial charge in [0.2, 0.25) is 0 Å². The number of benzene rings is 2. The number of phenols is 1. The zero-order chi connectivity index (χ0) is 18.0. The minimum Gasteiger partial charge on any atom is -0.504 e. The standard InChI is InChI=1S/C18H15ClN2O3S/c1-10-6-7-12(9-13(10)19)20-18-21-17(23)15(25-18)8-11-4-3-5-14(24-2)16(11)22/h3-9,22H,1-2H3,(H,20,21,23)/b15-8-. The zero-order valence-electron chi connectivity index (χ0n) is 13.5. The van der Waals surface area contributed by atoms with E-state index in [1.54, 1.807) is 30.3 Å². The van der Waals surface area contributed by atoms with Crippen LogP contribution in [-0.4, -0.2) is 23.3 Å². The maximum atomic E-state index is 12.1. The fourth-order valence-corrected chi connectivity index (χ4v) is 3.22. The molecular formula is C18H15ClN2O3S. The Morgan fingerprint density at radius 2 is 2.12 bits per heavy atom. The summed E-state index contributed by atoms with van der Waals surface area (Å²) in [6, 6.07) is 10.5. The first-order chi connectivity index (χ1) is 12.0. The lowest BCUT2D eigenvalue weighted by molar-refractivity contribution is -0.115. The first-order valence-electron chi connectivity index (χ1n) is 7.39. The van der Waals surface area contributed by atoms with Crippen molar-refractivity contribution in [2.45, 2.75) is 6.92 Å². The molecule has 3 rings (SSSR count). The van der Waals surface area contributed by atoms with Gasteiger partial charge in [0.1, 0.15) is 0 Å². The van der Waals surface area contributed by atoms with Gasteiger partial charge in [0, 0.05) is 10.6 Å². The second-order valence-electron chi connectivity index (χ2n) is 5.31. The van der Waals surface area contributed by atoms with Gasteiger partial charge in [0.25, 0.3) is 5.91 Å². The van der Waals surface area contributed by atoms with Crippen LogP contribution in [0.2, 0.25) is 5.02 Å². The Hall–Kier alpha value is -2.44. The Morgan fingerprint density at radius 3 is 2.84 bits per heavy atom. The van der Waals surface area contributed by atoms with Crippen molar-refractivity contribution in [1.29, 1.82) is 0 Å². The summed E-state index contributed by atoms with van der Waals surface area (Å²) >= 11 is 7.29. The number of amidine groups is 1. The lowest BCUT2D eigenvalue weighted by atomic mass is 10.1. The molecule has 0 atom stereocenters. The number of para-hydroxylation sites is 1. The second-order valence-corrected chi connectivity index (χ2v) is 6.75. The predicted molar refractivity (Wildman–Crippen MR) is 102 cm³/mol.